The van der Waals surface area contributed by atoms with Crippen LogP contribution in [0.1, 0.15) is 15.9 Å². The van der Waals surface area contributed by atoms with Crippen molar-refractivity contribution in [2.24, 2.45) is 0 Å². The van der Waals surface area contributed by atoms with Gasteiger partial charge in [-0.3, -0.25) is 4.79 Å². The van der Waals surface area contributed by atoms with Gasteiger partial charge in [-0.25, -0.2) is 0 Å². The first-order chi connectivity index (χ1) is 8.56. The quantitative estimate of drug-likeness (QED) is 0.833. The number of aryl methyl sites for hydroxylation is 1. The van der Waals surface area contributed by atoms with Crippen LogP contribution >= 0.6 is 15.9 Å². The molecule has 0 radical (unpaired) electrons. The van der Waals surface area contributed by atoms with Crippen molar-refractivity contribution in [1.29, 1.82) is 0 Å². The van der Waals surface area contributed by atoms with E-state index in [-0.39, 0.29) is 5.91 Å². The fourth-order valence-electron chi connectivity index (χ4n) is 1.56. The number of benzene rings is 2. The first-order valence-corrected chi connectivity index (χ1v) is 6.28. The molecule has 3 nitrogen and oxygen atoms in total. The van der Waals surface area contributed by atoms with Gasteiger partial charge in [0, 0.05) is 21.4 Å². The summed E-state index contributed by atoms with van der Waals surface area (Å²) in [6.07, 6.45) is 0. The number of nitrogens with one attached hydrogen (secondary N) is 1. The standard InChI is InChI=1S/C14H13BrN2O/c1-9-8-10(2-7-13(9)15)14(18)17-12-5-3-11(16)4-6-12/h2-8H,16H2,1H3,(H,17,18). The Kier molecular flexibility index (Phi) is 3.67. The van der Waals surface area contributed by atoms with E-state index in [1.807, 2.05) is 19.1 Å². The van der Waals surface area contributed by atoms with Crippen molar-refractivity contribution in [3.8, 4) is 0 Å². The summed E-state index contributed by atoms with van der Waals surface area (Å²) in [7, 11) is 0. The molecule has 92 valence electrons. The lowest BCUT2D eigenvalue weighted by Crippen LogP contribution is -2.12. The number of amides is 1. The van der Waals surface area contributed by atoms with Crippen molar-refractivity contribution in [2.75, 3.05) is 11.1 Å². The molecule has 0 aliphatic carbocycles. The number of nitrogen functional groups attached to an aromatic ring is 1. The number of anilines is 2. The van der Waals surface area contributed by atoms with Gasteiger partial charge in [-0.2, -0.15) is 0 Å². The minimum atomic E-state index is -0.129. The Morgan fingerprint density at radius 3 is 2.44 bits per heavy atom. The zero-order valence-corrected chi connectivity index (χ0v) is 11.5. The minimum absolute atomic E-state index is 0.129. The monoisotopic (exact) mass is 304 g/mol. The van der Waals surface area contributed by atoms with Crippen LogP contribution in [0.2, 0.25) is 0 Å². The van der Waals surface area contributed by atoms with E-state index < -0.39 is 0 Å². The predicted octanol–water partition coefficient (Wildman–Crippen LogP) is 3.59. The average Bonchev–Trinajstić information content (AvgIpc) is 2.35. The van der Waals surface area contributed by atoms with Crippen LogP contribution < -0.4 is 11.1 Å². The lowest BCUT2D eigenvalue weighted by Gasteiger charge is -2.07. The summed E-state index contributed by atoms with van der Waals surface area (Å²) in [5, 5.41) is 2.82. The molecule has 2 rings (SSSR count). The number of nitrogens with two attached hydrogens (primary N) is 1. The van der Waals surface area contributed by atoms with Crippen molar-refractivity contribution < 1.29 is 4.79 Å². The molecular formula is C14H13BrN2O. The molecule has 0 fully saturated rings. The molecule has 0 aliphatic heterocycles. The lowest BCUT2D eigenvalue weighted by atomic mass is 10.1. The number of halogens is 1. The number of rotatable bonds is 2. The Balaban J connectivity index is 2.16. The van der Waals surface area contributed by atoms with Crippen molar-refractivity contribution in [3.05, 3.63) is 58.1 Å². The normalized spacial score (nSPS) is 10.1. The first kappa shape index (κ1) is 12.6. The van der Waals surface area contributed by atoms with Gasteiger partial charge in [-0.1, -0.05) is 15.9 Å². The molecule has 2 aromatic rings. The summed E-state index contributed by atoms with van der Waals surface area (Å²) in [5.74, 6) is -0.129. The van der Waals surface area contributed by atoms with E-state index in [2.05, 4.69) is 21.2 Å². The Labute approximate surface area is 114 Å². The van der Waals surface area contributed by atoms with Crippen LogP contribution in [0.15, 0.2) is 46.9 Å². The number of hydrogen-bond acceptors (Lipinski definition) is 2. The molecule has 0 bridgehead atoms. The van der Waals surface area contributed by atoms with Crippen LogP contribution in [0.5, 0.6) is 0 Å². The van der Waals surface area contributed by atoms with Gasteiger partial charge in [0.15, 0.2) is 0 Å². The molecule has 2 aromatic carbocycles. The molecule has 0 aliphatic rings. The van der Waals surface area contributed by atoms with Crippen molar-refractivity contribution >= 4 is 33.2 Å². The summed E-state index contributed by atoms with van der Waals surface area (Å²) in [5.41, 5.74) is 8.65. The third kappa shape index (κ3) is 2.90. The maximum Gasteiger partial charge on any atom is 0.255 e. The highest BCUT2D eigenvalue weighted by atomic mass is 79.9. The Bertz CT molecular complexity index is 579. The second kappa shape index (κ2) is 5.23. The SMILES string of the molecule is Cc1cc(C(=O)Nc2ccc(N)cc2)ccc1Br. The lowest BCUT2D eigenvalue weighted by molar-refractivity contribution is 0.102. The van der Waals surface area contributed by atoms with Crippen molar-refractivity contribution in [1.82, 2.24) is 0 Å². The van der Waals surface area contributed by atoms with E-state index >= 15 is 0 Å². The van der Waals surface area contributed by atoms with Gasteiger partial charge >= 0.3 is 0 Å². The van der Waals surface area contributed by atoms with Gasteiger partial charge in [0.05, 0.1) is 0 Å². The molecule has 0 heterocycles. The van der Waals surface area contributed by atoms with E-state index in [4.69, 9.17) is 5.73 Å². The maximum absolute atomic E-state index is 12.0. The fourth-order valence-corrected chi connectivity index (χ4v) is 1.80. The second-order valence-corrected chi connectivity index (χ2v) is 4.89. The fraction of sp³-hybridized carbons (Fsp3) is 0.0714. The van der Waals surface area contributed by atoms with Gasteiger partial charge < -0.3 is 11.1 Å². The first-order valence-electron chi connectivity index (χ1n) is 5.49. The molecule has 4 heteroatoms. The van der Waals surface area contributed by atoms with E-state index in [0.717, 1.165) is 15.7 Å². The molecule has 1 amide bonds. The molecular weight excluding hydrogens is 292 g/mol. The van der Waals surface area contributed by atoms with Crippen LogP contribution in [0.4, 0.5) is 11.4 Å². The summed E-state index contributed by atoms with van der Waals surface area (Å²) in [6, 6.07) is 12.6. The van der Waals surface area contributed by atoms with E-state index in [0.29, 0.717) is 11.3 Å². The third-order valence-electron chi connectivity index (χ3n) is 2.59. The Morgan fingerprint density at radius 2 is 1.83 bits per heavy atom. The van der Waals surface area contributed by atoms with E-state index in [9.17, 15) is 4.79 Å². The van der Waals surface area contributed by atoms with Gasteiger partial charge in [0.25, 0.3) is 5.91 Å². The largest absolute Gasteiger partial charge is 0.399 e. The number of carbonyl (C=O) groups excluding carboxylic acids is 1. The van der Waals surface area contributed by atoms with Crippen molar-refractivity contribution in [3.63, 3.8) is 0 Å². The smallest absolute Gasteiger partial charge is 0.255 e. The molecule has 3 N–H and O–H groups in total. The Hall–Kier alpha value is -1.81. The van der Waals surface area contributed by atoms with Crippen LogP contribution in [-0.4, -0.2) is 5.91 Å². The number of hydrogen-bond donors (Lipinski definition) is 2. The minimum Gasteiger partial charge on any atom is -0.399 e. The van der Waals surface area contributed by atoms with Crippen molar-refractivity contribution in [2.45, 2.75) is 6.92 Å². The molecule has 18 heavy (non-hydrogen) atoms. The zero-order chi connectivity index (χ0) is 13.1. The number of carbonyl (C=O) groups is 1. The van der Waals surface area contributed by atoms with Gasteiger partial charge in [0.1, 0.15) is 0 Å². The molecule has 0 saturated heterocycles. The molecule has 0 atom stereocenters. The summed E-state index contributed by atoms with van der Waals surface area (Å²) in [6.45, 7) is 1.95. The van der Waals surface area contributed by atoms with Crippen LogP contribution in [-0.2, 0) is 0 Å². The Morgan fingerprint density at radius 1 is 1.17 bits per heavy atom. The molecule has 0 spiro atoms. The van der Waals surface area contributed by atoms with Crippen LogP contribution in [0, 0.1) is 6.92 Å². The van der Waals surface area contributed by atoms with Crippen LogP contribution in [0.25, 0.3) is 0 Å². The summed E-state index contributed by atoms with van der Waals surface area (Å²) >= 11 is 3.41. The topological polar surface area (TPSA) is 55.1 Å². The summed E-state index contributed by atoms with van der Waals surface area (Å²) < 4.78 is 0.992. The summed E-state index contributed by atoms with van der Waals surface area (Å²) in [4.78, 5) is 12.0. The second-order valence-electron chi connectivity index (χ2n) is 4.04. The van der Waals surface area contributed by atoms with E-state index in [1.54, 1.807) is 30.3 Å². The molecule has 0 saturated carbocycles. The third-order valence-corrected chi connectivity index (χ3v) is 3.48. The van der Waals surface area contributed by atoms with Crippen LogP contribution in [0.3, 0.4) is 0 Å². The predicted molar refractivity (Wildman–Crippen MR) is 77.7 cm³/mol. The zero-order valence-electron chi connectivity index (χ0n) is 9.91. The van der Waals surface area contributed by atoms with E-state index in [1.165, 1.54) is 0 Å². The highest BCUT2D eigenvalue weighted by Crippen LogP contribution is 2.18. The highest BCUT2D eigenvalue weighted by Gasteiger charge is 2.07. The molecule has 0 aromatic heterocycles. The van der Waals surface area contributed by atoms with Gasteiger partial charge in [-0.15, -0.1) is 0 Å². The van der Waals surface area contributed by atoms with Gasteiger partial charge in [-0.05, 0) is 55.0 Å². The average molecular weight is 305 g/mol. The maximum atomic E-state index is 12.0. The molecule has 0 unspecified atom stereocenters. The highest BCUT2D eigenvalue weighted by molar-refractivity contribution is 9.10. The van der Waals surface area contributed by atoms with Gasteiger partial charge in [0.2, 0.25) is 0 Å².